The normalized spacial score (nSPS) is 15.6. The number of fused-ring (bicyclic) bond motifs is 1. The fourth-order valence-corrected chi connectivity index (χ4v) is 4.08. The van der Waals surface area contributed by atoms with Crippen LogP contribution < -0.4 is 5.32 Å². The Kier molecular flexibility index (Phi) is 4.12. The lowest BCUT2D eigenvalue weighted by molar-refractivity contribution is -0.118. The lowest BCUT2D eigenvalue weighted by atomic mass is 9.92. The molecule has 1 fully saturated rings. The Hall–Kier alpha value is -2.66. The van der Waals surface area contributed by atoms with Crippen molar-refractivity contribution in [3.63, 3.8) is 0 Å². The molecule has 1 heterocycles. The molecular formula is C22H23ClN2O3. The van der Waals surface area contributed by atoms with Gasteiger partial charge >= 0.3 is 0 Å². The summed E-state index contributed by atoms with van der Waals surface area (Å²) in [7, 11) is 0. The summed E-state index contributed by atoms with van der Waals surface area (Å²) >= 11 is 6.59. The zero-order valence-corrected chi connectivity index (χ0v) is 16.8. The number of anilines is 1. The third-order valence-electron chi connectivity index (χ3n) is 5.46. The van der Waals surface area contributed by atoms with Crippen LogP contribution in [0, 0.1) is 0 Å². The molecule has 0 atom stereocenters. The molecule has 2 aromatic carbocycles. The van der Waals surface area contributed by atoms with Crippen LogP contribution in [0.1, 0.15) is 44.9 Å². The lowest BCUT2D eigenvalue weighted by Crippen LogP contribution is -2.27. The van der Waals surface area contributed by atoms with E-state index in [1.54, 1.807) is 6.07 Å². The van der Waals surface area contributed by atoms with E-state index in [1.165, 1.54) is 12.1 Å². The van der Waals surface area contributed by atoms with Gasteiger partial charge in [-0.15, -0.1) is 0 Å². The minimum Gasteiger partial charge on any atom is -0.504 e. The van der Waals surface area contributed by atoms with Gasteiger partial charge in [-0.25, -0.2) is 0 Å². The van der Waals surface area contributed by atoms with Crippen LogP contribution in [-0.2, 0) is 15.6 Å². The van der Waals surface area contributed by atoms with E-state index >= 15 is 0 Å². The zero-order chi connectivity index (χ0) is 20.3. The molecule has 5 nitrogen and oxygen atoms in total. The fraction of sp³-hybridized carbons (Fsp3) is 0.318. The monoisotopic (exact) mass is 398 g/mol. The number of aromatic amines is 1. The van der Waals surface area contributed by atoms with Gasteiger partial charge in [0, 0.05) is 27.7 Å². The van der Waals surface area contributed by atoms with Crippen LogP contribution in [0.3, 0.4) is 0 Å². The number of nitrogens with one attached hydrogen (secondary N) is 2. The molecule has 0 bridgehead atoms. The molecule has 1 amide bonds. The molecule has 146 valence electrons. The number of rotatable bonds is 3. The number of aromatic hydroxyl groups is 2. The third kappa shape index (κ3) is 3.00. The Morgan fingerprint density at radius 2 is 1.82 bits per heavy atom. The van der Waals surface area contributed by atoms with Gasteiger partial charge in [0.05, 0.1) is 10.4 Å². The van der Waals surface area contributed by atoms with E-state index < -0.39 is 5.41 Å². The number of amides is 1. The summed E-state index contributed by atoms with van der Waals surface area (Å²) in [5.41, 5.74) is 2.49. The maximum Gasteiger partial charge on any atom is 0.235 e. The molecule has 0 spiro atoms. The van der Waals surface area contributed by atoms with Crippen LogP contribution in [-0.4, -0.2) is 21.1 Å². The second kappa shape index (κ2) is 6.17. The summed E-state index contributed by atoms with van der Waals surface area (Å²) in [4.78, 5) is 16.4. The molecule has 1 aliphatic carbocycles. The van der Waals surface area contributed by atoms with E-state index in [1.807, 2.05) is 18.2 Å². The highest BCUT2D eigenvalue weighted by Gasteiger charge is 2.51. The number of aromatic nitrogens is 1. The highest BCUT2D eigenvalue weighted by Crippen LogP contribution is 2.50. The van der Waals surface area contributed by atoms with Crippen LogP contribution in [0.2, 0.25) is 5.02 Å². The molecule has 1 aromatic heterocycles. The highest BCUT2D eigenvalue weighted by atomic mass is 35.5. The number of hydrogen-bond donors (Lipinski definition) is 4. The topological polar surface area (TPSA) is 85.4 Å². The van der Waals surface area contributed by atoms with Crippen molar-refractivity contribution in [1.29, 1.82) is 0 Å². The van der Waals surface area contributed by atoms with Crippen molar-refractivity contribution < 1.29 is 15.0 Å². The first-order chi connectivity index (χ1) is 13.1. The predicted octanol–water partition coefficient (Wildman–Crippen LogP) is 5.20. The number of halogens is 1. The molecule has 28 heavy (non-hydrogen) atoms. The summed E-state index contributed by atoms with van der Waals surface area (Å²) in [6.45, 7) is 6.28. The zero-order valence-electron chi connectivity index (χ0n) is 16.1. The predicted molar refractivity (Wildman–Crippen MR) is 111 cm³/mol. The van der Waals surface area contributed by atoms with Gasteiger partial charge in [0.25, 0.3) is 0 Å². The quantitative estimate of drug-likeness (QED) is 0.457. The minimum atomic E-state index is -0.668. The molecule has 4 N–H and O–H groups in total. The summed E-state index contributed by atoms with van der Waals surface area (Å²) in [6, 6.07) is 10.2. The first kappa shape index (κ1) is 18.7. The van der Waals surface area contributed by atoms with Crippen LogP contribution in [0.15, 0.2) is 36.4 Å². The summed E-state index contributed by atoms with van der Waals surface area (Å²) in [5, 5.41) is 23.8. The van der Waals surface area contributed by atoms with E-state index in [0.29, 0.717) is 29.1 Å². The van der Waals surface area contributed by atoms with E-state index in [4.69, 9.17) is 11.6 Å². The van der Waals surface area contributed by atoms with Gasteiger partial charge in [0.15, 0.2) is 11.5 Å². The van der Waals surface area contributed by atoms with Crippen molar-refractivity contribution in [1.82, 2.24) is 4.98 Å². The molecule has 4 rings (SSSR count). The number of carbonyl (C=O) groups is 1. The first-order valence-electron chi connectivity index (χ1n) is 9.27. The number of phenols is 2. The Morgan fingerprint density at radius 3 is 2.43 bits per heavy atom. The maximum absolute atomic E-state index is 13.0. The van der Waals surface area contributed by atoms with Crippen molar-refractivity contribution in [2.75, 3.05) is 5.32 Å². The van der Waals surface area contributed by atoms with Crippen LogP contribution in [0.25, 0.3) is 10.9 Å². The van der Waals surface area contributed by atoms with Crippen molar-refractivity contribution in [3.05, 3.63) is 52.7 Å². The smallest absolute Gasteiger partial charge is 0.235 e. The summed E-state index contributed by atoms with van der Waals surface area (Å²) in [5.74, 6) is -0.534. The molecule has 0 saturated heterocycles. The number of H-pyrrole nitrogens is 1. The molecule has 1 saturated carbocycles. The largest absolute Gasteiger partial charge is 0.504 e. The van der Waals surface area contributed by atoms with Gasteiger partial charge in [0.1, 0.15) is 0 Å². The number of phenolic OH excluding ortho intramolecular Hbond substituents is 2. The molecule has 1 aliphatic rings. The minimum absolute atomic E-state index is 0.113. The number of carbonyl (C=O) groups excluding carboxylic acids is 1. The Bertz CT molecular complexity index is 1090. The van der Waals surface area contributed by atoms with Crippen molar-refractivity contribution >= 4 is 34.1 Å². The van der Waals surface area contributed by atoms with Gasteiger partial charge < -0.3 is 20.5 Å². The first-order valence-corrected chi connectivity index (χ1v) is 9.65. The van der Waals surface area contributed by atoms with E-state index in [-0.39, 0.29) is 22.8 Å². The standard InChI is InChI=1S/C22H23ClN2O3/c1-21(2,3)19-18(23)14-11-13(5-6-15(14)25-19)24-20(28)22(8-9-22)12-4-7-16(26)17(27)10-12/h4-7,10-11,25-27H,8-9H2,1-3H3,(H,24,28). The van der Waals surface area contributed by atoms with Crippen LogP contribution in [0.5, 0.6) is 11.5 Å². The molecular weight excluding hydrogens is 376 g/mol. The van der Waals surface area contributed by atoms with Crippen molar-refractivity contribution in [2.24, 2.45) is 0 Å². The Balaban J connectivity index is 1.63. The average molecular weight is 399 g/mol. The fourth-order valence-electron chi connectivity index (χ4n) is 3.60. The highest BCUT2D eigenvalue weighted by molar-refractivity contribution is 6.36. The Labute approximate surface area is 168 Å². The van der Waals surface area contributed by atoms with Crippen molar-refractivity contribution in [3.8, 4) is 11.5 Å². The molecule has 0 radical (unpaired) electrons. The van der Waals surface area contributed by atoms with Gasteiger partial charge in [-0.3, -0.25) is 4.79 Å². The molecule has 0 unspecified atom stereocenters. The average Bonchev–Trinajstić information content (AvgIpc) is 3.37. The molecule has 3 aromatic rings. The lowest BCUT2D eigenvalue weighted by Gasteiger charge is -2.17. The SMILES string of the molecule is CC(C)(C)c1[nH]c2ccc(NC(=O)C3(c4ccc(O)c(O)c4)CC3)cc2c1Cl. The summed E-state index contributed by atoms with van der Waals surface area (Å²) < 4.78 is 0. The van der Waals surface area contributed by atoms with E-state index in [2.05, 4.69) is 31.1 Å². The van der Waals surface area contributed by atoms with Crippen molar-refractivity contribution in [2.45, 2.75) is 44.4 Å². The maximum atomic E-state index is 13.0. The third-order valence-corrected chi connectivity index (χ3v) is 5.85. The van der Waals surface area contributed by atoms with Gasteiger partial charge in [-0.05, 0) is 48.7 Å². The number of hydrogen-bond acceptors (Lipinski definition) is 3. The Morgan fingerprint density at radius 1 is 1.11 bits per heavy atom. The van der Waals surface area contributed by atoms with Crippen LogP contribution >= 0.6 is 11.6 Å². The van der Waals surface area contributed by atoms with Gasteiger partial charge in [-0.2, -0.15) is 0 Å². The second-order valence-corrected chi connectivity index (χ2v) is 8.94. The number of benzene rings is 2. The summed E-state index contributed by atoms with van der Waals surface area (Å²) in [6.07, 6.45) is 1.40. The van der Waals surface area contributed by atoms with E-state index in [0.717, 1.165) is 16.6 Å². The van der Waals surface area contributed by atoms with Crippen LogP contribution in [0.4, 0.5) is 5.69 Å². The second-order valence-electron chi connectivity index (χ2n) is 8.56. The van der Waals surface area contributed by atoms with Gasteiger partial charge in [0.2, 0.25) is 5.91 Å². The molecule has 6 heteroatoms. The molecule has 0 aliphatic heterocycles. The van der Waals surface area contributed by atoms with Gasteiger partial charge in [-0.1, -0.05) is 38.4 Å². The van der Waals surface area contributed by atoms with E-state index in [9.17, 15) is 15.0 Å².